The van der Waals surface area contributed by atoms with E-state index in [1.165, 1.54) is 0 Å². The fourth-order valence-corrected chi connectivity index (χ4v) is 0.556. The molecule has 0 bridgehead atoms. The standard InChI is InChI=1S/C8H15NO5/c1-7(2,3)14-6(12)9-8(4,13)5(10)11/h13H,1-4H3,(H,9,12)(H,10,11)/t8-/m0/s1. The molecule has 0 rings (SSSR count). The molecular weight excluding hydrogens is 190 g/mol. The first-order valence-corrected chi connectivity index (χ1v) is 4.01. The van der Waals surface area contributed by atoms with Crippen LogP contribution in [0, 0.1) is 0 Å². The average molecular weight is 205 g/mol. The first kappa shape index (κ1) is 12.7. The highest BCUT2D eigenvalue weighted by Crippen LogP contribution is 2.08. The molecule has 0 saturated heterocycles. The van der Waals surface area contributed by atoms with Crippen molar-refractivity contribution in [2.24, 2.45) is 0 Å². The zero-order valence-corrected chi connectivity index (χ0v) is 8.62. The normalized spacial score (nSPS) is 15.5. The van der Waals surface area contributed by atoms with Crippen molar-refractivity contribution in [3.63, 3.8) is 0 Å². The smallest absolute Gasteiger partial charge is 0.410 e. The summed E-state index contributed by atoms with van der Waals surface area (Å²) >= 11 is 0. The van der Waals surface area contributed by atoms with Gasteiger partial charge in [-0.3, -0.25) is 5.32 Å². The number of nitrogens with one attached hydrogen (secondary N) is 1. The van der Waals surface area contributed by atoms with Crippen LogP contribution < -0.4 is 5.32 Å². The summed E-state index contributed by atoms with van der Waals surface area (Å²) in [5, 5.41) is 19.4. The Morgan fingerprint density at radius 2 is 1.64 bits per heavy atom. The third-order valence-electron chi connectivity index (χ3n) is 1.16. The first-order valence-electron chi connectivity index (χ1n) is 4.01. The summed E-state index contributed by atoms with van der Waals surface area (Å²) in [4.78, 5) is 21.4. The number of rotatable bonds is 2. The third-order valence-corrected chi connectivity index (χ3v) is 1.16. The second-order valence-electron chi connectivity index (χ2n) is 4.00. The number of hydrogen-bond acceptors (Lipinski definition) is 4. The summed E-state index contributed by atoms with van der Waals surface area (Å²) in [7, 11) is 0. The monoisotopic (exact) mass is 205 g/mol. The topological polar surface area (TPSA) is 95.9 Å². The molecular formula is C8H15NO5. The van der Waals surface area contributed by atoms with Gasteiger partial charge < -0.3 is 14.9 Å². The van der Waals surface area contributed by atoms with Crippen LogP contribution in [0.25, 0.3) is 0 Å². The van der Waals surface area contributed by atoms with Crippen molar-refractivity contribution < 1.29 is 24.5 Å². The van der Waals surface area contributed by atoms with Crippen LogP contribution in [0.4, 0.5) is 4.79 Å². The summed E-state index contributed by atoms with van der Waals surface area (Å²) in [6.07, 6.45) is -0.982. The number of amides is 1. The SMILES string of the molecule is CC(C)(C)OC(=O)N[C@@](C)(O)C(=O)O. The number of hydrogen-bond donors (Lipinski definition) is 3. The predicted molar refractivity (Wildman–Crippen MR) is 47.6 cm³/mol. The summed E-state index contributed by atoms with van der Waals surface area (Å²) < 4.78 is 4.75. The van der Waals surface area contributed by atoms with E-state index in [-0.39, 0.29) is 0 Å². The summed E-state index contributed by atoms with van der Waals surface area (Å²) in [5.74, 6) is -1.55. The van der Waals surface area contributed by atoms with Crippen molar-refractivity contribution >= 4 is 12.1 Å². The highest BCUT2D eigenvalue weighted by atomic mass is 16.6. The third kappa shape index (κ3) is 4.66. The zero-order chi connectivity index (χ0) is 11.6. The molecule has 14 heavy (non-hydrogen) atoms. The van der Waals surface area contributed by atoms with Gasteiger partial charge in [-0.15, -0.1) is 0 Å². The molecule has 0 unspecified atom stereocenters. The van der Waals surface area contributed by atoms with Crippen LogP contribution in [0.1, 0.15) is 27.7 Å². The molecule has 0 aromatic rings. The fourth-order valence-electron chi connectivity index (χ4n) is 0.556. The van der Waals surface area contributed by atoms with Gasteiger partial charge in [0, 0.05) is 0 Å². The van der Waals surface area contributed by atoms with Crippen LogP contribution in [0.2, 0.25) is 0 Å². The van der Waals surface area contributed by atoms with Crippen LogP contribution in [-0.2, 0) is 9.53 Å². The molecule has 0 saturated carbocycles. The van der Waals surface area contributed by atoms with E-state index >= 15 is 0 Å². The molecule has 0 aromatic carbocycles. The number of carboxylic acid groups (broad SMARTS) is 1. The van der Waals surface area contributed by atoms with Gasteiger partial charge in [0.2, 0.25) is 5.72 Å². The molecule has 6 heteroatoms. The van der Waals surface area contributed by atoms with E-state index in [1.807, 2.05) is 5.32 Å². The minimum Gasteiger partial charge on any atom is -0.478 e. The number of carbonyl (C=O) groups excluding carboxylic acids is 1. The van der Waals surface area contributed by atoms with Crippen molar-refractivity contribution in [2.45, 2.75) is 39.0 Å². The molecule has 0 aliphatic rings. The molecule has 0 spiro atoms. The molecule has 6 nitrogen and oxygen atoms in total. The second kappa shape index (κ2) is 3.83. The van der Waals surface area contributed by atoms with Crippen molar-refractivity contribution in [1.29, 1.82) is 0 Å². The Labute approximate surface area is 81.9 Å². The first-order chi connectivity index (χ1) is 6.04. The molecule has 0 radical (unpaired) electrons. The lowest BCUT2D eigenvalue weighted by molar-refractivity contribution is -0.159. The van der Waals surface area contributed by atoms with Crippen LogP contribution in [-0.4, -0.2) is 33.6 Å². The van der Waals surface area contributed by atoms with Gasteiger partial charge in [0.05, 0.1) is 0 Å². The highest BCUT2D eigenvalue weighted by Gasteiger charge is 2.33. The van der Waals surface area contributed by atoms with Crippen LogP contribution in [0.5, 0.6) is 0 Å². The number of aliphatic hydroxyl groups is 1. The molecule has 1 atom stereocenters. The summed E-state index contributed by atoms with van der Waals surface area (Å²) in [5.41, 5.74) is -3.05. The summed E-state index contributed by atoms with van der Waals surface area (Å²) in [6, 6.07) is 0. The van der Waals surface area contributed by atoms with E-state index in [0.29, 0.717) is 0 Å². The Hall–Kier alpha value is -1.30. The average Bonchev–Trinajstić information content (AvgIpc) is 1.79. The van der Waals surface area contributed by atoms with E-state index in [1.54, 1.807) is 20.8 Å². The van der Waals surface area contributed by atoms with Gasteiger partial charge in [0.1, 0.15) is 5.60 Å². The molecule has 3 N–H and O–H groups in total. The van der Waals surface area contributed by atoms with E-state index < -0.39 is 23.4 Å². The Bertz CT molecular complexity index is 241. The molecule has 0 aromatic heterocycles. The van der Waals surface area contributed by atoms with Gasteiger partial charge >= 0.3 is 12.1 Å². The van der Waals surface area contributed by atoms with Gasteiger partial charge in [0.15, 0.2) is 0 Å². The van der Waals surface area contributed by atoms with E-state index in [4.69, 9.17) is 14.9 Å². The lowest BCUT2D eigenvalue weighted by Gasteiger charge is -2.24. The quantitative estimate of drug-likeness (QED) is 0.563. The van der Waals surface area contributed by atoms with E-state index in [0.717, 1.165) is 6.92 Å². The number of alkyl carbamates (subject to hydrolysis) is 1. The number of ether oxygens (including phenoxy) is 1. The predicted octanol–water partition coefficient (Wildman–Crippen LogP) is 0.304. The highest BCUT2D eigenvalue weighted by molar-refractivity contribution is 5.82. The Morgan fingerprint density at radius 3 is 1.93 bits per heavy atom. The van der Waals surface area contributed by atoms with Crippen molar-refractivity contribution in [1.82, 2.24) is 5.32 Å². The van der Waals surface area contributed by atoms with Crippen molar-refractivity contribution in [2.75, 3.05) is 0 Å². The minimum atomic E-state index is -2.32. The van der Waals surface area contributed by atoms with Crippen molar-refractivity contribution in [3.05, 3.63) is 0 Å². The van der Waals surface area contributed by atoms with Gasteiger partial charge in [-0.25, -0.2) is 9.59 Å². The second-order valence-corrected chi connectivity index (χ2v) is 4.00. The Kier molecular flexibility index (Phi) is 3.47. The van der Waals surface area contributed by atoms with Crippen LogP contribution in [0.3, 0.4) is 0 Å². The number of carbonyl (C=O) groups is 2. The maximum absolute atomic E-state index is 11.0. The maximum atomic E-state index is 11.0. The van der Waals surface area contributed by atoms with Gasteiger partial charge in [-0.1, -0.05) is 0 Å². The number of carboxylic acids is 1. The zero-order valence-electron chi connectivity index (χ0n) is 8.62. The molecule has 0 aliphatic carbocycles. The van der Waals surface area contributed by atoms with Gasteiger partial charge in [-0.05, 0) is 27.7 Å². The van der Waals surface area contributed by atoms with Crippen molar-refractivity contribution in [3.8, 4) is 0 Å². The van der Waals surface area contributed by atoms with E-state index in [2.05, 4.69) is 0 Å². The van der Waals surface area contributed by atoms with Gasteiger partial charge in [-0.2, -0.15) is 0 Å². The Morgan fingerprint density at radius 1 is 1.21 bits per heavy atom. The number of aliphatic carboxylic acids is 1. The molecule has 0 aliphatic heterocycles. The fraction of sp³-hybridized carbons (Fsp3) is 0.750. The molecule has 0 fully saturated rings. The van der Waals surface area contributed by atoms with Crippen LogP contribution >= 0.6 is 0 Å². The minimum absolute atomic E-state index is 0.737. The van der Waals surface area contributed by atoms with E-state index in [9.17, 15) is 9.59 Å². The lowest BCUT2D eigenvalue weighted by Crippen LogP contribution is -2.53. The Balaban J connectivity index is 4.27. The lowest BCUT2D eigenvalue weighted by atomic mass is 10.2. The van der Waals surface area contributed by atoms with Gasteiger partial charge in [0.25, 0.3) is 0 Å². The molecule has 1 amide bonds. The van der Waals surface area contributed by atoms with Crippen LogP contribution in [0.15, 0.2) is 0 Å². The molecule has 82 valence electrons. The summed E-state index contributed by atoms with van der Waals surface area (Å²) in [6.45, 7) is 5.82. The molecule has 0 heterocycles. The maximum Gasteiger partial charge on any atom is 0.410 e. The largest absolute Gasteiger partial charge is 0.478 e.